The van der Waals surface area contributed by atoms with Crippen LogP contribution in [-0.4, -0.2) is 53.9 Å². The Morgan fingerprint density at radius 3 is 1.63 bits per heavy atom. The molecule has 4 aromatic carbocycles. The summed E-state index contributed by atoms with van der Waals surface area (Å²) >= 11 is 0. The standard InChI is InChI=1S/C25H24N6O.C22H21N5O2S/c1-16-4-2-3-5-20(16)22-12-17-13-23(28-14-21(17)25(26)30-22)29-18-6-8-19(9-7-18)31-11-10-27-15-24(31)32;1-14-4-2-3-5-18(14)20-10-16-11-21(25-12-19(16)22(23)27-20)26-17-8-6-15(7-9-17)13-30(24,28)29/h2-9,12-14,27H,10-11,15H2,1H3,(H2,26,30)(H,28,29);2-12H,13H2,1H3,(H2,23,27)(H,25,26)(H2,24,28,29). The Morgan fingerprint density at radius 2 is 1.16 bits per heavy atom. The van der Waals surface area contributed by atoms with Gasteiger partial charge in [0.15, 0.2) is 0 Å². The van der Waals surface area contributed by atoms with E-state index in [1.807, 2.05) is 97.9 Å². The molecule has 8 aromatic rings. The molecule has 0 spiro atoms. The molecule has 14 nitrogen and oxygen atoms in total. The Bertz CT molecular complexity index is 3050. The number of carbonyl (C=O) groups is 1. The summed E-state index contributed by atoms with van der Waals surface area (Å²) in [6, 6.07) is 38.9. The van der Waals surface area contributed by atoms with Crippen molar-refractivity contribution in [3.8, 4) is 22.5 Å². The van der Waals surface area contributed by atoms with Crippen molar-refractivity contribution < 1.29 is 13.2 Å². The molecule has 5 heterocycles. The highest BCUT2D eigenvalue weighted by Gasteiger charge is 2.19. The number of fused-ring (bicyclic) bond motifs is 2. The largest absolute Gasteiger partial charge is 0.383 e. The van der Waals surface area contributed by atoms with E-state index in [0.29, 0.717) is 41.9 Å². The summed E-state index contributed by atoms with van der Waals surface area (Å²) in [7, 11) is -3.56. The lowest BCUT2D eigenvalue weighted by atomic mass is 10.0. The number of pyridine rings is 4. The second-order valence-electron chi connectivity index (χ2n) is 15.0. The Morgan fingerprint density at radius 1 is 0.677 bits per heavy atom. The molecule has 0 bridgehead atoms. The monoisotopic (exact) mass is 843 g/mol. The number of nitrogen functional groups attached to an aromatic ring is 2. The summed E-state index contributed by atoms with van der Waals surface area (Å²) in [5.41, 5.74) is 21.6. The number of sulfonamides is 1. The SMILES string of the molecule is Cc1ccccc1-c1cc2cc(Nc3ccc(CS(N)(=O)=O)cc3)ncc2c(N)n1.Cc1ccccc1-c1cc2cc(Nc3ccc(N4CCNCC4=O)cc3)ncc2c(N)n1. The summed E-state index contributed by atoms with van der Waals surface area (Å²) in [6.07, 6.45) is 3.44. The number of anilines is 7. The van der Waals surface area contributed by atoms with Crippen molar-refractivity contribution in [1.82, 2.24) is 25.3 Å². The molecule has 9 rings (SSSR count). The first-order chi connectivity index (χ1) is 29.9. The number of piperazine rings is 1. The van der Waals surface area contributed by atoms with E-state index in [1.165, 1.54) is 0 Å². The minimum atomic E-state index is -3.56. The van der Waals surface area contributed by atoms with Gasteiger partial charge in [0.2, 0.25) is 15.9 Å². The quantitative estimate of drug-likeness (QED) is 0.0828. The second kappa shape index (κ2) is 17.6. The molecule has 1 fully saturated rings. The van der Waals surface area contributed by atoms with Crippen LogP contribution in [0.4, 0.5) is 40.3 Å². The summed E-state index contributed by atoms with van der Waals surface area (Å²) in [6.45, 7) is 5.96. The van der Waals surface area contributed by atoms with Gasteiger partial charge in [-0.2, -0.15) is 0 Å². The van der Waals surface area contributed by atoms with Gasteiger partial charge in [0.1, 0.15) is 23.3 Å². The molecule has 0 atom stereocenters. The number of nitrogens with zero attached hydrogens (tertiary/aromatic N) is 5. The lowest BCUT2D eigenvalue weighted by Gasteiger charge is -2.27. The average Bonchev–Trinajstić information content (AvgIpc) is 3.25. The number of benzene rings is 4. The highest BCUT2D eigenvalue weighted by atomic mass is 32.2. The zero-order chi connectivity index (χ0) is 43.4. The summed E-state index contributed by atoms with van der Waals surface area (Å²) < 4.78 is 22.4. The predicted molar refractivity (Wildman–Crippen MR) is 250 cm³/mol. The maximum absolute atomic E-state index is 12.1. The van der Waals surface area contributed by atoms with Crippen molar-refractivity contribution >= 4 is 77.8 Å². The van der Waals surface area contributed by atoms with Crippen molar-refractivity contribution in [3.05, 3.63) is 150 Å². The Hall–Kier alpha value is -7.46. The van der Waals surface area contributed by atoms with Gasteiger partial charge in [0.05, 0.1) is 23.7 Å². The number of primary sulfonamides is 1. The molecule has 1 saturated heterocycles. The van der Waals surface area contributed by atoms with Gasteiger partial charge in [0, 0.05) is 64.4 Å². The minimum Gasteiger partial charge on any atom is -0.383 e. The zero-order valence-electron chi connectivity index (χ0n) is 34.1. The molecule has 312 valence electrons. The van der Waals surface area contributed by atoms with Crippen LogP contribution in [-0.2, 0) is 20.6 Å². The van der Waals surface area contributed by atoms with Crippen molar-refractivity contribution in [2.24, 2.45) is 5.14 Å². The first-order valence-electron chi connectivity index (χ1n) is 19.9. The van der Waals surface area contributed by atoms with Crippen molar-refractivity contribution in [1.29, 1.82) is 0 Å². The van der Waals surface area contributed by atoms with Crippen LogP contribution in [0.1, 0.15) is 16.7 Å². The molecule has 15 heteroatoms. The van der Waals surface area contributed by atoms with Crippen LogP contribution < -0.4 is 37.5 Å². The van der Waals surface area contributed by atoms with Crippen LogP contribution in [0.3, 0.4) is 0 Å². The predicted octanol–water partition coefficient (Wildman–Crippen LogP) is 7.59. The normalized spacial score (nSPS) is 12.8. The van der Waals surface area contributed by atoms with Gasteiger partial charge in [0.25, 0.3) is 0 Å². The van der Waals surface area contributed by atoms with Crippen LogP contribution in [0.2, 0.25) is 0 Å². The van der Waals surface area contributed by atoms with E-state index >= 15 is 0 Å². The number of hydrogen-bond acceptors (Lipinski definition) is 12. The van der Waals surface area contributed by atoms with E-state index in [0.717, 1.165) is 78.8 Å². The van der Waals surface area contributed by atoms with Crippen LogP contribution >= 0.6 is 0 Å². The van der Waals surface area contributed by atoms with Gasteiger partial charge >= 0.3 is 0 Å². The fourth-order valence-electron chi connectivity index (χ4n) is 7.30. The molecule has 0 unspecified atom stereocenters. The minimum absolute atomic E-state index is 0.0869. The summed E-state index contributed by atoms with van der Waals surface area (Å²) in [5.74, 6) is 2.13. The van der Waals surface area contributed by atoms with Gasteiger partial charge < -0.3 is 32.3 Å². The van der Waals surface area contributed by atoms with E-state index in [-0.39, 0.29) is 11.7 Å². The van der Waals surface area contributed by atoms with E-state index < -0.39 is 10.0 Å². The number of nitrogens with one attached hydrogen (secondary N) is 3. The molecule has 4 aromatic heterocycles. The molecule has 0 radical (unpaired) electrons. The molecular weight excluding hydrogens is 799 g/mol. The first kappa shape index (κ1) is 41.3. The maximum Gasteiger partial charge on any atom is 0.240 e. The third-order valence-corrected chi connectivity index (χ3v) is 11.2. The zero-order valence-corrected chi connectivity index (χ0v) is 34.9. The van der Waals surface area contributed by atoms with E-state index in [9.17, 15) is 13.2 Å². The van der Waals surface area contributed by atoms with Crippen LogP contribution in [0.25, 0.3) is 44.1 Å². The highest BCUT2D eigenvalue weighted by molar-refractivity contribution is 7.88. The van der Waals surface area contributed by atoms with E-state index in [1.54, 1.807) is 41.6 Å². The summed E-state index contributed by atoms with van der Waals surface area (Å²) in [4.78, 5) is 32.0. The molecule has 1 aliphatic heterocycles. The maximum atomic E-state index is 12.1. The van der Waals surface area contributed by atoms with Crippen LogP contribution in [0, 0.1) is 13.8 Å². The van der Waals surface area contributed by atoms with Gasteiger partial charge in [-0.25, -0.2) is 33.5 Å². The fraction of sp³-hybridized carbons (Fsp3) is 0.128. The van der Waals surface area contributed by atoms with Gasteiger partial charge in [-0.3, -0.25) is 4.79 Å². The number of hydrogen-bond donors (Lipinski definition) is 6. The number of nitrogens with two attached hydrogens (primary N) is 3. The Balaban J connectivity index is 0.000000171. The average molecular weight is 844 g/mol. The van der Waals surface area contributed by atoms with Crippen LogP contribution in [0.5, 0.6) is 0 Å². The molecule has 9 N–H and O–H groups in total. The Labute approximate surface area is 359 Å². The van der Waals surface area contributed by atoms with E-state index in [2.05, 4.69) is 48.9 Å². The molecular formula is C47H45N11O3S. The van der Waals surface area contributed by atoms with Crippen molar-refractivity contribution in [3.63, 3.8) is 0 Å². The van der Waals surface area contributed by atoms with Gasteiger partial charge in [-0.15, -0.1) is 0 Å². The molecule has 1 amide bonds. The molecule has 1 aliphatic rings. The Kier molecular flexibility index (Phi) is 11.7. The fourth-order valence-corrected chi connectivity index (χ4v) is 7.95. The molecule has 0 aliphatic carbocycles. The number of carbonyl (C=O) groups excluding carboxylic acids is 1. The van der Waals surface area contributed by atoms with Gasteiger partial charge in [-0.1, -0.05) is 60.7 Å². The topological polar surface area (TPSA) is 220 Å². The first-order valence-corrected chi connectivity index (χ1v) is 21.6. The van der Waals surface area contributed by atoms with Crippen molar-refractivity contribution in [2.45, 2.75) is 19.6 Å². The van der Waals surface area contributed by atoms with Crippen molar-refractivity contribution in [2.75, 3.05) is 46.6 Å². The highest BCUT2D eigenvalue weighted by Crippen LogP contribution is 2.32. The molecule has 0 saturated carbocycles. The lowest BCUT2D eigenvalue weighted by molar-refractivity contribution is -0.118. The third-order valence-electron chi connectivity index (χ3n) is 10.5. The number of aryl methyl sites for hydroxylation is 2. The second-order valence-corrected chi connectivity index (χ2v) is 16.6. The van der Waals surface area contributed by atoms with Crippen LogP contribution in [0.15, 0.2) is 134 Å². The number of rotatable bonds is 9. The number of aromatic nitrogens is 4. The summed E-state index contributed by atoms with van der Waals surface area (Å²) in [5, 5.41) is 18.2. The third kappa shape index (κ3) is 9.61. The van der Waals surface area contributed by atoms with E-state index in [4.69, 9.17) is 16.6 Å². The smallest absolute Gasteiger partial charge is 0.240 e. The lowest BCUT2D eigenvalue weighted by Crippen LogP contribution is -2.48. The van der Waals surface area contributed by atoms with Gasteiger partial charge in [-0.05, 0) is 102 Å². The molecule has 62 heavy (non-hydrogen) atoms. The number of amides is 1.